The van der Waals surface area contributed by atoms with Gasteiger partial charge in [-0.25, -0.2) is 39.9 Å². The van der Waals surface area contributed by atoms with Gasteiger partial charge in [0.15, 0.2) is 40.8 Å². The molecule has 5 aromatic heterocycles. The number of rotatable bonds is 12. The maximum absolute atomic E-state index is 11.0. The first-order valence-corrected chi connectivity index (χ1v) is 31.0. The van der Waals surface area contributed by atoms with Crippen LogP contribution in [0.2, 0.25) is 0 Å². The molecule has 438 valence electrons. The molecule has 17 rings (SSSR count). The van der Waals surface area contributed by atoms with Crippen LogP contribution in [-0.4, -0.2) is 49.0 Å². The number of benzene rings is 12. The van der Waals surface area contributed by atoms with Crippen molar-refractivity contribution in [3.05, 3.63) is 315 Å². The van der Waals surface area contributed by atoms with E-state index in [1.54, 1.807) is 0 Å². The van der Waals surface area contributed by atoms with Gasteiger partial charge in [-0.2, -0.15) is 5.26 Å². The van der Waals surface area contributed by atoms with Crippen LogP contribution in [0.1, 0.15) is 5.56 Å². The maximum Gasteiger partial charge on any atom is 0.164 e. The second kappa shape index (κ2) is 23.3. The van der Waals surface area contributed by atoms with Crippen molar-refractivity contribution in [1.29, 1.82) is 5.26 Å². The SMILES string of the molecule is N#Cc1ccc(-n2c3ccccc3c3cc(-c4nc(-c5ccccc5)nc(-c5ccccc5)n4)ccc32)c(-c2cc(-n3c4ccccc4c4cc(-c5nc(-c6ccccc6)nc(-c6ccccc6)n5)ccc43)ccc2-c2cc(-c3ccccc3)nc(-c3ccccc3)n2)c1. The molecule has 12 aromatic carbocycles. The van der Waals surface area contributed by atoms with E-state index in [2.05, 4.69) is 143 Å². The summed E-state index contributed by atoms with van der Waals surface area (Å²) in [6.07, 6.45) is 0. The predicted octanol–water partition coefficient (Wildman–Crippen LogP) is 19.6. The van der Waals surface area contributed by atoms with Gasteiger partial charge in [0.05, 0.1) is 50.8 Å². The van der Waals surface area contributed by atoms with Gasteiger partial charge in [0.25, 0.3) is 0 Å². The van der Waals surface area contributed by atoms with Crippen molar-refractivity contribution in [3.63, 3.8) is 0 Å². The smallest absolute Gasteiger partial charge is 0.164 e. The van der Waals surface area contributed by atoms with Crippen molar-refractivity contribution in [3.8, 4) is 131 Å². The van der Waals surface area contributed by atoms with Crippen LogP contribution in [0.3, 0.4) is 0 Å². The van der Waals surface area contributed by atoms with Crippen LogP contribution in [0.15, 0.2) is 309 Å². The Labute approximate surface area is 540 Å². The molecule has 0 N–H and O–H groups in total. The molecule has 0 aliphatic rings. The van der Waals surface area contributed by atoms with Gasteiger partial charge in [-0.3, -0.25) is 0 Å². The summed E-state index contributed by atoms with van der Waals surface area (Å²) >= 11 is 0. The highest BCUT2D eigenvalue weighted by Crippen LogP contribution is 2.44. The Morgan fingerprint density at radius 2 is 0.606 bits per heavy atom. The summed E-state index contributed by atoms with van der Waals surface area (Å²) in [5.74, 6) is 4.07. The zero-order chi connectivity index (χ0) is 62.5. The highest BCUT2D eigenvalue weighted by atomic mass is 15.1. The summed E-state index contributed by atoms with van der Waals surface area (Å²) in [4.78, 5) is 41.3. The molecule has 0 amide bonds. The van der Waals surface area contributed by atoms with Crippen molar-refractivity contribution in [2.45, 2.75) is 0 Å². The fourth-order valence-electron chi connectivity index (χ4n) is 12.8. The Balaban J connectivity index is 0.891. The molecule has 17 aromatic rings. The van der Waals surface area contributed by atoms with Gasteiger partial charge < -0.3 is 9.13 Å². The summed E-state index contributed by atoms with van der Waals surface area (Å²) in [7, 11) is 0. The summed E-state index contributed by atoms with van der Waals surface area (Å²) in [6, 6.07) is 108. The van der Waals surface area contributed by atoms with E-state index >= 15 is 0 Å². The Hall–Kier alpha value is -13.2. The topological polar surface area (TPSA) is 137 Å². The fraction of sp³-hybridized carbons (Fsp3) is 0. The fourth-order valence-corrected chi connectivity index (χ4v) is 12.8. The molecule has 11 heteroatoms. The molecule has 94 heavy (non-hydrogen) atoms. The molecule has 0 saturated carbocycles. The van der Waals surface area contributed by atoms with Crippen LogP contribution in [0, 0.1) is 11.3 Å². The zero-order valence-electron chi connectivity index (χ0n) is 50.4. The summed E-state index contributed by atoms with van der Waals surface area (Å²) in [5, 5.41) is 15.1. The number of para-hydroxylation sites is 2. The third-order valence-electron chi connectivity index (χ3n) is 17.3. The Morgan fingerprint density at radius 3 is 1.06 bits per heavy atom. The van der Waals surface area contributed by atoms with Crippen LogP contribution in [0.5, 0.6) is 0 Å². The number of hydrogen-bond donors (Lipinski definition) is 0. The Kier molecular flexibility index (Phi) is 13.6. The van der Waals surface area contributed by atoms with E-state index in [1.165, 1.54) is 0 Å². The third-order valence-corrected chi connectivity index (χ3v) is 17.3. The first-order chi connectivity index (χ1) is 46.5. The molecule has 0 unspecified atom stereocenters. The van der Waals surface area contributed by atoms with Crippen LogP contribution < -0.4 is 0 Å². The van der Waals surface area contributed by atoms with Crippen molar-refractivity contribution in [1.82, 2.24) is 49.0 Å². The first kappa shape index (κ1) is 54.9. The molecule has 0 atom stereocenters. The average Bonchev–Trinajstić information content (AvgIpc) is 1.55. The average molecular weight is 1200 g/mol. The molecule has 11 nitrogen and oxygen atoms in total. The van der Waals surface area contributed by atoms with E-state index in [0.29, 0.717) is 52.0 Å². The maximum atomic E-state index is 11.0. The molecule has 0 aliphatic heterocycles. The van der Waals surface area contributed by atoms with Gasteiger partial charge in [-0.1, -0.05) is 224 Å². The standard InChI is InChI=1S/C83H51N11/c84-52-53-39-44-75(94-73-38-22-20-36-65(73)69-49-61(41-46-76(69)94)83-91-80(58-31-15-5-16-32-58)88-81(92-83)59-33-17-6-18-34-59)67(47-53)66-50-62(42-43-63(66)71-51-70(54-23-7-1-8-24-54)85-77(86-71)55-25-9-2-10-26-55)93-72-37-21-19-35-64(72)68-48-60(40-45-74(68)93)82-89-78(56-27-11-3-12-28-56)87-79(90-82)57-29-13-4-14-30-57/h1-51H. The monoisotopic (exact) mass is 1200 g/mol. The van der Waals surface area contributed by atoms with Crippen LogP contribution in [0.25, 0.3) is 168 Å². The van der Waals surface area contributed by atoms with Gasteiger partial charge in [0.1, 0.15) is 0 Å². The molecule has 0 saturated heterocycles. The van der Waals surface area contributed by atoms with Gasteiger partial charge >= 0.3 is 0 Å². The van der Waals surface area contributed by atoms with Crippen LogP contribution >= 0.6 is 0 Å². The van der Waals surface area contributed by atoms with Crippen molar-refractivity contribution in [2.24, 2.45) is 0 Å². The summed E-state index contributed by atoms with van der Waals surface area (Å²) in [6.45, 7) is 0. The van der Waals surface area contributed by atoms with Gasteiger partial charge in [0, 0.05) is 82.9 Å². The lowest BCUT2D eigenvalue weighted by Gasteiger charge is -2.20. The number of nitrogens with zero attached hydrogens (tertiary/aromatic N) is 11. The quantitative estimate of drug-likeness (QED) is 0.117. The number of fused-ring (bicyclic) bond motifs is 6. The molecule has 0 aliphatic carbocycles. The van der Waals surface area contributed by atoms with E-state index in [-0.39, 0.29) is 0 Å². The van der Waals surface area contributed by atoms with E-state index in [4.69, 9.17) is 39.9 Å². The molecule has 0 bridgehead atoms. The minimum absolute atomic E-state index is 0.502. The van der Waals surface area contributed by atoms with Crippen molar-refractivity contribution in [2.75, 3.05) is 0 Å². The van der Waals surface area contributed by atoms with E-state index in [0.717, 1.165) is 122 Å². The molecule has 0 radical (unpaired) electrons. The van der Waals surface area contributed by atoms with E-state index in [1.807, 2.05) is 182 Å². The van der Waals surface area contributed by atoms with Crippen molar-refractivity contribution >= 4 is 43.6 Å². The van der Waals surface area contributed by atoms with Crippen LogP contribution in [0.4, 0.5) is 0 Å². The largest absolute Gasteiger partial charge is 0.309 e. The molecule has 0 spiro atoms. The zero-order valence-corrected chi connectivity index (χ0v) is 50.4. The van der Waals surface area contributed by atoms with E-state index < -0.39 is 0 Å². The lowest BCUT2D eigenvalue weighted by atomic mass is 9.93. The molecule has 0 fully saturated rings. The van der Waals surface area contributed by atoms with E-state index in [9.17, 15) is 5.26 Å². The Morgan fingerprint density at radius 1 is 0.234 bits per heavy atom. The summed E-state index contributed by atoms with van der Waals surface area (Å²) < 4.78 is 4.65. The van der Waals surface area contributed by atoms with Crippen molar-refractivity contribution < 1.29 is 0 Å². The van der Waals surface area contributed by atoms with Crippen LogP contribution in [-0.2, 0) is 0 Å². The molecular weight excluding hydrogens is 1150 g/mol. The minimum Gasteiger partial charge on any atom is -0.309 e. The summed E-state index contributed by atoms with van der Waals surface area (Å²) in [5.41, 5.74) is 17.3. The lowest BCUT2D eigenvalue weighted by Crippen LogP contribution is -2.02. The predicted molar refractivity (Wildman–Crippen MR) is 377 cm³/mol. The first-order valence-electron chi connectivity index (χ1n) is 31.0. The van der Waals surface area contributed by atoms with Gasteiger partial charge in [-0.15, -0.1) is 0 Å². The number of nitriles is 1. The lowest BCUT2D eigenvalue weighted by molar-refractivity contribution is 1.07. The minimum atomic E-state index is 0.502. The second-order valence-electron chi connectivity index (χ2n) is 23.0. The molecular formula is C83H51N11. The number of aromatic nitrogens is 10. The highest BCUT2D eigenvalue weighted by molar-refractivity contribution is 6.12. The third kappa shape index (κ3) is 9.97. The van der Waals surface area contributed by atoms with Gasteiger partial charge in [-0.05, 0) is 90.5 Å². The Bertz CT molecular complexity index is 5620. The molecule has 5 heterocycles. The highest BCUT2D eigenvalue weighted by Gasteiger charge is 2.25. The normalized spacial score (nSPS) is 11.4. The number of hydrogen-bond acceptors (Lipinski definition) is 9. The second-order valence-corrected chi connectivity index (χ2v) is 23.0. The van der Waals surface area contributed by atoms with Gasteiger partial charge in [0.2, 0.25) is 0 Å².